The SMILES string of the molecule is [2H][C@@]12c3cc(F)ccc3C(=O)[C@H]1CCCC2(C)C. The lowest BCUT2D eigenvalue weighted by molar-refractivity contribution is 0.0794. The molecule has 17 heavy (non-hydrogen) atoms. The van der Waals surface area contributed by atoms with Gasteiger partial charge in [0, 0.05) is 12.9 Å². The standard InChI is InChI=1S/C15H17FO/c1-15(2)7-3-4-11-13(15)12-8-9(16)5-6-10(12)14(11)17/h5-6,8,11,13H,3-4,7H2,1-2H3/t11-,13-/m0/s1/i13D. The molecule has 0 spiro atoms. The highest BCUT2D eigenvalue weighted by Gasteiger charge is 2.49. The molecule has 2 aliphatic rings. The topological polar surface area (TPSA) is 17.1 Å². The Bertz CT molecular complexity index is 537. The number of hydrogen-bond donors (Lipinski definition) is 0. The lowest BCUT2D eigenvalue weighted by atomic mass is 9.63. The summed E-state index contributed by atoms with van der Waals surface area (Å²) in [6.07, 6.45) is 2.64. The number of Topliss-reactive ketones (excluding diaryl/α,β-unsaturated/α-hetero) is 1. The van der Waals surface area contributed by atoms with Crippen LogP contribution in [-0.2, 0) is 0 Å². The molecule has 0 unspecified atom stereocenters. The van der Waals surface area contributed by atoms with Crippen LogP contribution in [-0.4, -0.2) is 5.78 Å². The third-order valence-corrected chi connectivity index (χ3v) is 4.23. The van der Waals surface area contributed by atoms with E-state index in [-0.39, 0.29) is 22.9 Å². The Labute approximate surface area is 102 Å². The Kier molecular flexibility index (Phi) is 1.97. The van der Waals surface area contributed by atoms with Crippen molar-refractivity contribution >= 4 is 5.78 Å². The molecule has 90 valence electrons. The maximum absolute atomic E-state index is 13.5. The maximum atomic E-state index is 13.5. The molecular formula is C15H17FO. The zero-order valence-electron chi connectivity index (χ0n) is 11.2. The van der Waals surface area contributed by atoms with Gasteiger partial charge in [0.1, 0.15) is 5.82 Å². The Morgan fingerprint density at radius 2 is 2.24 bits per heavy atom. The van der Waals surface area contributed by atoms with Crippen molar-refractivity contribution < 1.29 is 10.6 Å². The second-order valence-corrected chi connectivity index (χ2v) is 5.80. The van der Waals surface area contributed by atoms with E-state index in [1.165, 1.54) is 12.1 Å². The number of ketones is 1. The van der Waals surface area contributed by atoms with Crippen molar-refractivity contribution in [3.8, 4) is 0 Å². The van der Waals surface area contributed by atoms with Crippen LogP contribution < -0.4 is 0 Å². The van der Waals surface area contributed by atoms with E-state index in [0.29, 0.717) is 11.1 Å². The van der Waals surface area contributed by atoms with E-state index < -0.39 is 5.89 Å². The van der Waals surface area contributed by atoms with E-state index in [9.17, 15) is 9.18 Å². The first-order chi connectivity index (χ1) is 8.38. The van der Waals surface area contributed by atoms with Crippen molar-refractivity contribution in [1.29, 1.82) is 0 Å². The summed E-state index contributed by atoms with van der Waals surface area (Å²) in [6, 6.07) is 4.27. The van der Waals surface area contributed by atoms with Crippen LogP contribution in [0.4, 0.5) is 4.39 Å². The molecule has 0 aliphatic heterocycles. The number of rotatable bonds is 0. The van der Waals surface area contributed by atoms with Crippen LogP contribution in [0, 0.1) is 17.2 Å². The molecule has 2 atom stereocenters. The minimum absolute atomic E-state index is 0.0350. The van der Waals surface area contributed by atoms with Crippen LogP contribution in [0.25, 0.3) is 0 Å². The van der Waals surface area contributed by atoms with E-state index in [4.69, 9.17) is 1.37 Å². The molecule has 1 aromatic carbocycles. The van der Waals surface area contributed by atoms with Gasteiger partial charge in [0.15, 0.2) is 5.78 Å². The Morgan fingerprint density at radius 1 is 1.47 bits per heavy atom. The predicted octanol–water partition coefficient (Wildman–Crippen LogP) is 3.93. The van der Waals surface area contributed by atoms with Gasteiger partial charge < -0.3 is 0 Å². The van der Waals surface area contributed by atoms with Crippen LogP contribution in [0.1, 0.15) is 56.3 Å². The third kappa shape index (κ3) is 1.46. The second-order valence-electron chi connectivity index (χ2n) is 5.80. The van der Waals surface area contributed by atoms with Crippen molar-refractivity contribution in [3.63, 3.8) is 0 Å². The number of hydrogen-bond acceptors (Lipinski definition) is 1. The molecule has 0 amide bonds. The van der Waals surface area contributed by atoms with Crippen molar-refractivity contribution in [1.82, 2.24) is 0 Å². The molecule has 1 saturated carbocycles. The van der Waals surface area contributed by atoms with Gasteiger partial charge in [0.2, 0.25) is 0 Å². The summed E-state index contributed by atoms with van der Waals surface area (Å²) < 4.78 is 22.3. The number of carbonyl (C=O) groups is 1. The molecule has 0 heterocycles. The van der Waals surface area contributed by atoms with Crippen molar-refractivity contribution in [3.05, 3.63) is 35.1 Å². The molecule has 2 aliphatic carbocycles. The van der Waals surface area contributed by atoms with E-state index in [1.807, 2.05) is 13.8 Å². The molecule has 3 rings (SSSR count). The Hall–Kier alpha value is -1.18. The minimum Gasteiger partial charge on any atom is -0.294 e. The first-order valence-electron chi connectivity index (χ1n) is 6.72. The predicted molar refractivity (Wildman–Crippen MR) is 64.6 cm³/mol. The summed E-state index contributed by atoms with van der Waals surface area (Å²) >= 11 is 0. The zero-order chi connectivity index (χ0) is 13.1. The van der Waals surface area contributed by atoms with Gasteiger partial charge >= 0.3 is 0 Å². The van der Waals surface area contributed by atoms with Gasteiger partial charge in [-0.1, -0.05) is 20.3 Å². The van der Waals surface area contributed by atoms with Crippen LogP contribution >= 0.6 is 0 Å². The summed E-state index contributed by atoms with van der Waals surface area (Å²) in [5, 5.41) is 0. The number of benzene rings is 1. The highest BCUT2D eigenvalue weighted by Crippen LogP contribution is 2.55. The zero-order valence-corrected chi connectivity index (χ0v) is 10.2. The van der Waals surface area contributed by atoms with Crippen LogP contribution in [0.3, 0.4) is 0 Å². The van der Waals surface area contributed by atoms with Crippen LogP contribution in [0.15, 0.2) is 18.2 Å². The first kappa shape index (κ1) is 9.81. The van der Waals surface area contributed by atoms with E-state index >= 15 is 0 Å². The maximum Gasteiger partial charge on any atom is 0.166 e. The number of halogens is 1. The van der Waals surface area contributed by atoms with Crippen molar-refractivity contribution in [2.75, 3.05) is 0 Å². The fourth-order valence-corrected chi connectivity index (χ4v) is 3.46. The normalized spacial score (nSPS) is 35.1. The van der Waals surface area contributed by atoms with Gasteiger partial charge in [-0.05, 0) is 47.9 Å². The van der Waals surface area contributed by atoms with Gasteiger partial charge in [0.05, 0.1) is 0 Å². The molecule has 0 saturated heterocycles. The molecule has 1 nitrogen and oxygen atoms in total. The summed E-state index contributed by atoms with van der Waals surface area (Å²) in [5.41, 5.74) is 0.874. The number of carbonyl (C=O) groups excluding carboxylic acids is 1. The van der Waals surface area contributed by atoms with Crippen molar-refractivity contribution in [2.45, 2.75) is 39.0 Å². The Morgan fingerprint density at radius 3 is 3.00 bits per heavy atom. The molecule has 0 N–H and O–H groups in total. The Balaban J connectivity index is 2.28. The average Bonchev–Trinajstić information content (AvgIpc) is 2.52. The largest absolute Gasteiger partial charge is 0.294 e. The van der Waals surface area contributed by atoms with Gasteiger partial charge in [-0.25, -0.2) is 4.39 Å². The fourth-order valence-electron chi connectivity index (χ4n) is 3.46. The highest BCUT2D eigenvalue weighted by molar-refractivity contribution is 6.03. The summed E-state index contributed by atoms with van der Waals surface area (Å²) in [5.74, 6) is -1.57. The third-order valence-electron chi connectivity index (χ3n) is 4.23. The van der Waals surface area contributed by atoms with E-state index in [0.717, 1.165) is 19.3 Å². The first-order valence-corrected chi connectivity index (χ1v) is 6.22. The van der Waals surface area contributed by atoms with Gasteiger partial charge in [-0.3, -0.25) is 4.79 Å². The molecule has 0 bridgehead atoms. The molecule has 2 heteroatoms. The highest BCUT2D eigenvalue weighted by atomic mass is 19.1. The molecular weight excluding hydrogens is 215 g/mol. The quantitative estimate of drug-likeness (QED) is 0.663. The van der Waals surface area contributed by atoms with Gasteiger partial charge in [0.25, 0.3) is 0 Å². The van der Waals surface area contributed by atoms with Gasteiger partial charge in [-0.2, -0.15) is 0 Å². The molecule has 1 fully saturated rings. The average molecular weight is 233 g/mol. The van der Waals surface area contributed by atoms with Crippen LogP contribution in [0.5, 0.6) is 0 Å². The molecule has 0 radical (unpaired) electrons. The fraction of sp³-hybridized carbons (Fsp3) is 0.533. The van der Waals surface area contributed by atoms with E-state index in [1.54, 1.807) is 6.07 Å². The molecule has 0 aromatic heterocycles. The smallest absolute Gasteiger partial charge is 0.166 e. The monoisotopic (exact) mass is 233 g/mol. The van der Waals surface area contributed by atoms with E-state index in [2.05, 4.69) is 0 Å². The summed E-state index contributed by atoms with van der Waals surface area (Å²) in [6.45, 7) is 4.05. The summed E-state index contributed by atoms with van der Waals surface area (Å²) in [4.78, 5) is 12.4. The molecule has 1 aromatic rings. The summed E-state index contributed by atoms with van der Waals surface area (Å²) in [7, 11) is 0. The van der Waals surface area contributed by atoms with Crippen molar-refractivity contribution in [2.24, 2.45) is 11.3 Å². The lowest BCUT2D eigenvalue weighted by Crippen LogP contribution is -2.32. The minimum atomic E-state index is -0.959. The second kappa shape index (κ2) is 3.41. The van der Waals surface area contributed by atoms with Gasteiger partial charge in [-0.15, -0.1) is 0 Å². The number of fused-ring (bicyclic) bond motifs is 3. The van der Waals surface area contributed by atoms with Crippen LogP contribution in [0.2, 0.25) is 0 Å². The lowest BCUT2D eigenvalue weighted by Gasteiger charge is -2.40.